The highest BCUT2D eigenvalue weighted by Gasteiger charge is 2.28. The van der Waals surface area contributed by atoms with Crippen molar-refractivity contribution in [2.75, 3.05) is 52.5 Å². The van der Waals surface area contributed by atoms with Crippen LogP contribution in [0.2, 0.25) is 0 Å². The molecule has 0 aromatic heterocycles. The van der Waals surface area contributed by atoms with Crippen LogP contribution in [0.1, 0.15) is 20.8 Å². The molecular weight excluding hydrogens is 202 g/mol. The van der Waals surface area contributed by atoms with Crippen molar-refractivity contribution in [3.05, 3.63) is 0 Å². The van der Waals surface area contributed by atoms with Crippen molar-refractivity contribution in [3.8, 4) is 0 Å². The first-order valence-corrected chi connectivity index (χ1v) is 6.40. The first-order chi connectivity index (χ1) is 7.57. The van der Waals surface area contributed by atoms with Crippen LogP contribution in [-0.2, 0) is 4.74 Å². The predicted octanol–water partition coefficient (Wildman–Crippen LogP) is 0.650. The Morgan fingerprint density at radius 2 is 1.25 bits per heavy atom. The van der Waals surface area contributed by atoms with Crippen molar-refractivity contribution in [2.45, 2.75) is 26.3 Å². The highest BCUT2D eigenvalue weighted by Crippen LogP contribution is 2.17. The Balaban J connectivity index is 1.80. The van der Waals surface area contributed by atoms with E-state index in [0.29, 0.717) is 5.54 Å². The highest BCUT2D eigenvalue weighted by atomic mass is 16.5. The van der Waals surface area contributed by atoms with Crippen LogP contribution in [0.25, 0.3) is 0 Å². The van der Waals surface area contributed by atoms with E-state index in [0.717, 1.165) is 39.4 Å². The first-order valence-electron chi connectivity index (χ1n) is 6.40. The molecule has 0 aliphatic carbocycles. The maximum atomic E-state index is 5.39. The number of hydrogen-bond donors (Lipinski definition) is 0. The molecule has 0 radical (unpaired) electrons. The predicted molar refractivity (Wildman–Crippen MR) is 65.3 cm³/mol. The molecular formula is C12H25N3O. The highest BCUT2D eigenvalue weighted by molar-refractivity contribution is 4.81. The number of hydrogen-bond acceptors (Lipinski definition) is 4. The molecule has 0 bridgehead atoms. The fourth-order valence-corrected chi connectivity index (χ4v) is 2.49. The average molecular weight is 227 g/mol. The molecule has 0 amide bonds. The van der Waals surface area contributed by atoms with Gasteiger partial charge in [0, 0.05) is 44.8 Å². The summed E-state index contributed by atoms with van der Waals surface area (Å²) < 4.78 is 5.39. The number of rotatable bonds is 1. The summed E-state index contributed by atoms with van der Waals surface area (Å²) in [5, 5.41) is 4.97. The number of morpholine rings is 1. The molecule has 94 valence electrons. The number of piperazine rings is 1. The normalized spacial score (nSPS) is 27.2. The molecule has 2 aliphatic heterocycles. The minimum Gasteiger partial charge on any atom is -0.379 e. The number of nitrogens with zero attached hydrogens (tertiary/aromatic N) is 3. The quantitative estimate of drug-likeness (QED) is 0.654. The number of hydrazine groups is 1. The third-order valence-electron chi connectivity index (χ3n) is 3.59. The van der Waals surface area contributed by atoms with Gasteiger partial charge in [0.2, 0.25) is 0 Å². The van der Waals surface area contributed by atoms with E-state index < -0.39 is 0 Å². The van der Waals surface area contributed by atoms with Crippen LogP contribution in [0.4, 0.5) is 0 Å². The average Bonchev–Trinajstić information content (AvgIpc) is 2.29. The van der Waals surface area contributed by atoms with Crippen LogP contribution in [0.15, 0.2) is 0 Å². The van der Waals surface area contributed by atoms with Crippen molar-refractivity contribution < 1.29 is 4.74 Å². The van der Waals surface area contributed by atoms with Gasteiger partial charge >= 0.3 is 0 Å². The molecule has 0 aromatic rings. The van der Waals surface area contributed by atoms with Gasteiger partial charge in [-0.15, -0.1) is 0 Å². The largest absolute Gasteiger partial charge is 0.379 e. The minimum atomic E-state index is 0.317. The molecule has 0 saturated carbocycles. The summed E-state index contributed by atoms with van der Waals surface area (Å²) in [7, 11) is 0. The molecule has 0 N–H and O–H groups in total. The molecule has 2 saturated heterocycles. The van der Waals surface area contributed by atoms with Crippen LogP contribution < -0.4 is 0 Å². The molecule has 0 aromatic carbocycles. The Kier molecular flexibility index (Phi) is 3.85. The van der Waals surface area contributed by atoms with Gasteiger partial charge in [-0.2, -0.15) is 0 Å². The zero-order valence-corrected chi connectivity index (χ0v) is 10.9. The van der Waals surface area contributed by atoms with E-state index in [4.69, 9.17) is 4.74 Å². The van der Waals surface area contributed by atoms with E-state index in [2.05, 4.69) is 35.7 Å². The zero-order valence-electron chi connectivity index (χ0n) is 10.9. The van der Waals surface area contributed by atoms with E-state index in [1.54, 1.807) is 0 Å². The van der Waals surface area contributed by atoms with Gasteiger partial charge in [-0.05, 0) is 20.8 Å². The van der Waals surface area contributed by atoms with Crippen LogP contribution in [0.5, 0.6) is 0 Å². The second kappa shape index (κ2) is 5.00. The van der Waals surface area contributed by atoms with Gasteiger partial charge in [0.15, 0.2) is 0 Å². The molecule has 2 aliphatic rings. The van der Waals surface area contributed by atoms with Crippen LogP contribution >= 0.6 is 0 Å². The molecule has 2 rings (SSSR count). The summed E-state index contributed by atoms with van der Waals surface area (Å²) >= 11 is 0. The monoisotopic (exact) mass is 227 g/mol. The van der Waals surface area contributed by atoms with Crippen LogP contribution in [0, 0.1) is 0 Å². The van der Waals surface area contributed by atoms with E-state index in [9.17, 15) is 0 Å². The van der Waals surface area contributed by atoms with Gasteiger partial charge < -0.3 is 4.74 Å². The van der Waals surface area contributed by atoms with Gasteiger partial charge in [0.25, 0.3) is 0 Å². The third kappa shape index (κ3) is 2.94. The fraction of sp³-hybridized carbons (Fsp3) is 1.00. The summed E-state index contributed by atoms with van der Waals surface area (Å²) in [6, 6.07) is 0. The van der Waals surface area contributed by atoms with Gasteiger partial charge in [-0.3, -0.25) is 4.90 Å². The summed E-state index contributed by atoms with van der Waals surface area (Å²) in [5.41, 5.74) is 0.317. The SMILES string of the molecule is CC(C)(C)N1CCN(N2CCOCC2)CC1. The Hall–Kier alpha value is -0.160. The first kappa shape index (κ1) is 12.3. The van der Waals surface area contributed by atoms with Gasteiger partial charge in [-0.25, -0.2) is 10.0 Å². The second-order valence-electron chi connectivity index (χ2n) is 5.68. The molecule has 4 nitrogen and oxygen atoms in total. The number of ether oxygens (including phenoxy) is 1. The van der Waals surface area contributed by atoms with E-state index in [1.165, 1.54) is 13.1 Å². The molecule has 16 heavy (non-hydrogen) atoms. The Morgan fingerprint density at radius 1 is 0.750 bits per heavy atom. The molecule has 0 spiro atoms. The Bertz CT molecular complexity index is 213. The smallest absolute Gasteiger partial charge is 0.0608 e. The van der Waals surface area contributed by atoms with Crippen LogP contribution in [-0.4, -0.2) is 72.9 Å². The Labute approximate surface area is 99.1 Å². The Morgan fingerprint density at radius 3 is 1.75 bits per heavy atom. The lowest BCUT2D eigenvalue weighted by molar-refractivity contribution is -0.115. The van der Waals surface area contributed by atoms with E-state index in [-0.39, 0.29) is 0 Å². The van der Waals surface area contributed by atoms with Crippen molar-refractivity contribution >= 4 is 0 Å². The van der Waals surface area contributed by atoms with Crippen LogP contribution in [0.3, 0.4) is 0 Å². The van der Waals surface area contributed by atoms with Gasteiger partial charge in [0.05, 0.1) is 13.2 Å². The van der Waals surface area contributed by atoms with Gasteiger partial charge in [-0.1, -0.05) is 0 Å². The zero-order chi connectivity index (χ0) is 11.6. The standard InChI is InChI=1S/C12H25N3O/c1-12(2,3)13-4-6-14(7-5-13)15-8-10-16-11-9-15/h4-11H2,1-3H3. The van der Waals surface area contributed by atoms with E-state index >= 15 is 0 Å². The maximum Gasteiger partial charge on any atom is 0.0608 e. The lowest BCUT2D eigenvalue weighted by Gasteiger charge is -2.46. The fourth-order valence-electron chi connectivity index (χ4n) is 2.49. The lowest BCUT2D eigenvalue weighted by atomic mass is 10.1. The molecule has 4 heteroatoms. The molecule has 2 heterocycles. The maximum absolute atomic E-state index is 5.39. The summed E-state index contributed by atoms with van der Waals surface area (Å²) in [6.45, 7) is 15.5. The third-order valence-corrected chi connectivity index (χ3v) is 3.59. The van der Waals surface area contributed by atoms with Crippen molar-refractivity contribution in [1.82, 2.24) is 14.9 Å². The summed E-state index contributed by atoms with van der Waals surface area (Å²) in [4.78, 5) is 2.57. The minimum absolute atomic E-state index is 0.317. The van der Waals surface area contributed by atoms with Crippen molar-refractivity contribution in [3.63, 3.8) is 0 Å². The topological polar surface area (TPSA) is 19.0 Å². The molecule has 0 unspecified atom stereocenters. The van der Waals surface area contributed by atoms with Gasteiger partial charge in [0.1, 0.15) is 0 Å². The van der Waals surface area contributed by atoms with E-state index in [1.807, 2.05) is 0 Å². The van der Waals surface area contributed by atoms with Crippen molar-refractivity contribution in [2.24, 2.45) is 0 Å². The second-order valence-corrected chi connectivity index (χ2v) is 5.68. The lowest BCUT2D eigenvalue weighted by Crippen LogP contribution is -2.59. The summed E-state index contributed by atoms with van der Waals surface area (Å²) in [6.07, 6.45) is 0. The summed E-state index contributed by atoms with van der Waals surface area (Å²) in [5.74, 6) is 0. The molecule has 0 atom stereocenters. The molecule has 2 fully saturated rings. The van der Waals surface area contributed by atoms with Crippen molar-refractivity contribution in [1.29, 1.82) is 0 Å².